The van der Waals surface area contributed by atoms with Crippen molar-refractivity contribution in [3.63, 3.8) is 0 Å². The maximum Gasteiger partial charge on any atom is 0.150 e. The number of halogens is 1. The predicted octanol–water partition coefficient (Wildman–Crippen LogP) is 4.15. The topological polar surface area (TPSA) is 27.1 Å². The number of aromatic nitrogens is 2. The second-order valence-corrected chi connectivity index (χ2v) is 5.37. The molecular formula is C16H17ClN2O. The average molecular weight is 289 g/mol. The molecule has 0 saturated carbocycles. The molecule has 3 rings (SSSR count). The van der Waals surface area contributed by atoms with E-state index in [0.29, 0.717) is 5.02 Å². The van der Waals surface area contributed by atoms with Gasteiger partial charge in [-0.3, -0.25) is 0 Å². The molecule has 2 heterocycles. The minimum Gasteiger partial charge on any atom is -0.356 e. The predicted molar refractivity (Wildman–Crippen MR) is 80.8 cm³/mol. The third-order valence-electron chi connectivity index (χ3n) is 3.48. The van der Waals surface area contributed by atoms with E-state index in [-0.39, 0.29) is 6.23 Å². The van der Waals surface area contributed by atoms with Crippen molar-refractivity contribution in [2.75, 3.05) is 6.61 Å². The molecule has 2 aromatic rings. The molecule has 1 aliphatic rings. The summed E-state index contributed by atoms with van der Waals surface area (Å²) in [5, 5.41) is 6.17. The normalized spacial score (nSPS) is 18.8. The Morgan fingerprint density at radius 3 is 3.10 bits per heavy atom. The van der Waals surface area contributed by atoms with Gasteiger partial charge < -0.3 is 4.74 Å². The Morgan fingerprint density at radius 2 is 2.35 bits per heavy atom. The summed E-state index contributed by atoms with van der Waals surface area (Å²) in [5.41, 5.74) is 1.88. The fourth-order valence-electron chi connectivity index (χ4n) is 2.54. The summed E-state index contributed by atoms with van der Waals surface area (Å²) in [4.78, 5) is 0. The van der Waals surface area contributed by atoms with Crippen molar-refractivity contribution in [1.29, 1.82) is 0 Å². The Balaban J connectivity index is 2.03. The van der Waals surface area contributed by atoms with Gasteiger partial charge in [-0.15, -0.1) is 0 Å². The van der Waals surface area contributed by atoms with Crippen molar-refractivity contribution in [3.05, 3.63) is 28.9 Å². The molecule has 1 aromatic heterocycles. The molecule has 0 amide bonds. The molecule has 20 heavy (non-hydrogen) atoms. The van der Waals surface area contributed by atoms with Gasteiger partial charge in [0, 0.05) is 24.0 Å². The largest absolute Gasteiger partial charge is 0.356 e. The van der Waals surface area contributed by atoms with E-state index >= 15 is 0 Å². The highest BCUT2D eigenvalue weighted by Crippen LogP contribution is 2.31. The van der Waals surface area contributed by atoms with Gasteiger partial charge in [-0.1, -0.05) is 30.4 Å². The first-order valence-electron chi connectivity index (χ1n) is 7.07. The molecule has 0 bridgehead atoms. The van der Waals surface area contributed by atoms with Gasteiger partial charge in [-0.2, -0.15) is 5.10 Å². The number of ether oxygens (including phenoxy) is 1. The first-order chi connectivity index (χ1) is 9.79. The number of hydrogen-bond acceptors (Lipinski definition) is 2. The molecule has 0 aliphatic carbocycles. The van der Waals surface area contributed by atoms with Crippen LogP contribution in [0.1, 0.15) is 44.4 Å². The molecule has 104 valence electrons. The SMILES string of the molecule is CCC#Cc1cc(Cl)c2c(cnn2C2CCCCO2)c1. The fraction of sp³-hybridized carbons (Fsp3) is 0.438. The summed E-state index contributed by atoms with van der Waals surface area (Å²) < 4.78 is 7.70. The van der Waals surface area contributed by atoms with Crippen LogP contribution in [-0.2, 0) is 4.74 Å². The van der Waals surface area contributed by atoms with Crippen molar-refractivity contribution in [2.45, 2.75) is 38.8 Å². The van der Waals surface area contributed by atoms with Crippen LogP contribution < -0.4 is 0 Å². The molecule has 3 nitrogen and oxygen atoms in total. The van der Waals surface area contributed by atoms with E-state index in [4.69, 9.17) is 16.3 Å². The summed E-state index contributed by atoms with van der Waals surface area (Å²) in [5.74, 6) is 6.18. The Bertz CT molecular complexity index is 675. The van der Waals surface area contributed by atoms with Crippen molar-refractivity contribution in [2.24, 2.45) is 0 Å². The number of nitrogens with zero attached hydrogens (tertiary/aromatic N) is 2. The van der Waals surface area contributed by atoms with E-state index in [0.717, 1.165) is 42.3 Å². The van der Waals surface area contributed by atoms with Crippen molar-refractivity contribution in [3.8, 4) is 11.8 Å². The smallest absolute Gasteiger partial charge is 0.150 e. The monoisotopic (exact) mass is 288 g/mol. The highest BCUT2D eigenvalue weighted by Gasteiger charge is 2.20. The highest BCUT2D eigenvalue weighted by atomic mass is 35.5. The summed E-state index contributed by atoms with van der Waals surface area (Å²) in [7, 11) is 0. The average Bonchev–Trinajstić information content (AvgIpc) is 2.90. The van der Waals surface area contributed by atoms with Crippen LogP contribution in [0.4, 0.5) is 0 Å². The van der Waals surface area contributed by atoms with Crippen LogP contribution in [0.15, 0.2) is 18.3 Å². The molecule has 1 fully saturated rings. The zero-order valence-electron chi connectivity index (χ0n) is 11.5. The van der Waals surface area contributed by atoms with Crippen LogP contribution in [0.5, 0.6) is 0 Å². The molecule has 0 spiro atoms. The number of fused-ring (bicyclic) bond motifs is 1. The minimum atomic E-state index is 0.00586. The van der Waals surface area contributed by atoms with Gasteiger partial charge >= 0.3 is 0 Å². The maximum atomic E-state index is 6.42. The lowest BCUT2D eigenvalue weighted by Crippen LogP contribution is -2.19. The van der Waals surface area contributed by atoms with E-state index in [9.17, 15) is 0 Å². The van der Waals surface area contributed by atoms with Crippen molar-refractivity contribution < 1.29 is 4.74 Å². The molecule has 1 saturated heterocycles. The lowest BCUT2D eigenvalue weighted by Gasteiger charge is -2.23. The first-order valence-corrected chi connectivity index (χ1v) is 7.44. The van der Waals surface area contributed by atoms with Crippen molar-refractivity contribution >= 4 is 22.5 Å². The van der Waals surface area contributed by atoms with Crippen molar-refractivity contribution in [1.82, 2.24) is 9.78 Å². The standard InChI is InChI=1S/C16H17ClN2O/c1-2-3-6-12-9-13-11-18-19(16(13)14(17)10-12)15-7-4-5-8-20-15/h9-11,15H,2,4-5,7-8H2,1H3. The molecule has 1 atom stereocenters. The number of benzene rings is 1. The summed E-state index contributed by atoms with van der Waals surface area (Å²) in [6.07, 6.45) is 5.97. The van der Waals surface area contributed by atoms with Gasteiger partial charge in [-0.05, 0) is 31.4 Å². The van der Waals surface area contributed by atoms with Crippen LogP contribution in [-0.4, -0.2) is 16.4 Å². The zero-order valence-corrected chi connectivity index (χ0v) is 12.3. The molecular weight excluding hydrogens is 272 g/mol. The first kappa shape index (κ1) is 13.5. The second-order valence-electron chi connectivity index (χ2n) is 4.96. The van der Waals surface area contributed by atoms with Crippen LogP contribution in [0, 0.1) is 11.8 Å². The summed E-state index contributed by atoms with van der Waals surface area (Å²) >= 11 is 6.42. The molecule has 1 aliphatic heterocycles. The van der Waals surface area contributed by atoms with Gasteiger partial charge in [0.15, 0.2) is 6.23 Å². The quantitative estimate of drug-likeness (QED) is 0.737. The lowest BCUT2D eigenvalue weighted by molar-refractivity contribution is -0.0366. The van der Waals surface area contributed by atoms with E-state index < -0.39 is 0 Å². The maximum absolute atomic E-state index is 6.42. The molecule has 1 unspecified atom stereocenters. The highest BCUT2D eigenvalue weighted by molar-refractivity contribution is 6.35. The van der Waals surface area contributed by atoms with Gasteiger partial charge in [0.2, 0.25) is 0 Å². The Kier molecular flexibility index (Phi) is 3.95. The van der Waals surface area contributed by atoms with Crippen LogP contribution in [0.3, 0.4) is 0 Å². The van der Waals surface area contributed by atoms with Gasteiger partial charge in [0.1, 0.15) is 0 Å². The lowest BCUT2D eigenvalue weighted by atomic mass is 10.1. The van der Waals surface area contributed by atoms with E-state index in [1.54, 1.807) is 0 Å². The van der Waals surface area contributed by atoms with E-state index in [2.05, 4.69) is 16.9 Å². The second kappa shape index (κ2) is 5.87. The van der Waals surface area contributed by atoms with Crippen LogP contribution in [0.25, 0.3) is 10.9 Å². The Hall–Kier alpha value is -1.50. The van der Waals surface area contributed by atoms with Gasteiger partial charge in [0.25, 0.3) is 0 Å². The van der Waals surface area contributed by atoms with E-state index in [1.165, 1.54) is 6.42 Å². The fourth-order valence-corrected chi connectivity index (χ4v) is 2.85. The van der Waals surface area contributed by atoms with Crippen LogP contribution >= 0.6 is 11.6 Å². The van der Waals surface area contributed by atoms with E-state index in [1.807, 2.05) is 29.9 Å². The number of hydrogen-bond donors (Lipinski definition) is 0. The van der Waals surface area contributed by atoms with Gasteiger partial charge in [0.05, 0.1) is 16.7 Å². The molecule has 1 aromatic carbocycles. The molecule has 0 radical (unpaired) electrons. The zero-order chi connectivity index (χ0) is 13.9. The molecule has 4 heteroatoms. The Morgan fingerprint density at radius 1 is 1.45 bits per heavy atom. The number of rotatable bonds is 1. The Labute approximate surface area is 123 Å². The third-order valence-corrected chi connectivity index (χ3v) is 3.77. The third kappa shape index (κ3) is 2.54. The van der Waals surface area contributed by atoms with Gasteiger partial charge in [-0.25, -0.2) is 4.68 Å². The summed E-state index contributed by atoms with van der Waals surface area (Å²) in [6.45, 7) is 2.83. The summed E-state index contributed by atoms with van der Waals surface area (Å²) in [6, 6.07) is 3.95. The molecule has 0 N–H and O–H groups in total. The van der Waals surface area contributed by atoms with Crippen LogP contribution in [0.2, 0.25) is 5.02 Å². The minimum absolute atomic E-state index is 0.00586.